The molecule has 1 heterocycles. The molecule has 106 valence electrons. The summed E-state index contributed by atoms with van der Waals surface area (Å²) in [7, 11) is 0. The van der Waals surface area contributed by atoms with Crippen molar-refractivity contribution in [1.29, 1.82) is 0 Å². The average molecular weight is 303 g/mol. The fourth-order valence-corrected chi connectivity index (χ4v) is 2.68. The number of aliphatic hydroxyl groups excluding tert-OH is 4. The Bertz CT molecular complexity index is 304. The number of alkyl halides is 2. The van der Waals surface area contributed by atoms with Gasteiger partial charge in [0.1, 0.15) is 0 Å². The van der Waals surface area contributed by atoms with Gasteiger partial charge in [0.15, 0.2) is 17.4 Å². The number of aliphatic hydroxyl groups is 4. The monoisotopic (exact) mass is 302 g/mol. The van der Waals surface area contributed by atoms with E-state index in [-0.39, 0.29) is 13.0 Å². The van der Waals surface area contributed by atoms with Gasteiger partial charge in [0.25, 0.3) is 0 Å². The Morgan fingerprint density at radius 3 is 2.61 bits per heavy atom. The Kier molecular flexibility index (Phi) is 4.40. The summed E-state index contributed by atoms with van der Waals surface area (Å²) in [5, 5.41) is 38.1. The second kappa shape index (κ2) is 5.38. The molecule has 6 atom stereocenters. The molecule has 1 aliphatic carbocycles. The highest BCUT2D eigenvalue weighted by molar-refractivity contribution is 6.44. The summed E-state index contributed by atoms with van der Waals surface area (Å²) < 4.78 is 10.4. The molecular weight excluding hydrogens is 287 g/mol. The van der Waals surface area contributed by atoms with Crippen molar-refractivity contribution >= 4 is 23.2 Å². The number of halogens is 2. The van der Waals surface area contributed by atoms with Gasteiger partial charge in [0.05, 0.1) is 30.3 Å². The van der Waals surface area contributed by atoms with Crippen LogP contribution in [0.4, 0.5) is 0 Å². The van der Waals surface area contributed by atoms with Crippen LogP contribution in [0, 0.1) is 5.41 Å². The van der Waals surface area contributed by atoms with Crippen molar-refractivity contribution in [3.8, 4) is 0 Å². The topological polar surface area (TPSA) is 99.4 Å². The van der Waals surface area contributed by atoms with Crippen LogP contribution in [0.3, 0.4) is 0 Å². The van der Waals surface area contributed by atoms with E-state index in [0.717, 1.165) is 0 Å². The molecule has 1 aliphatic heterocycles. The Balaban J connectivity index is 2.03. The minimum Gasteiger partial charge on any atom is -0.394 e. The Labute approximate surface area is 114 Å². The van der Waals surface area contributed by atoms with Crippen molar-refractivity contribution in [3.05, 3.63) is 0 Å². The van der Waals surface area contributed by atoms with Crippen LogP contribution in [-0.4, -0.2) is 62.8 Å². The zero-order chi connectivity index (χ0) is 13.5. The summed E-state index contributed by atoms with van der Waals surface area (Å²) >= 11 is 10.9. The van der Waals surface area contributed by atoms with Crippen LogP contribution in [-0.2, 0) is 9.47 Å². The van der Waals surface area contributed by atoms with Crippen LogP contribution in [0.2, 0.25) is 0 Å². The smallest absolute Gasteiger partial charge is 0.185 e. The number of hydrogen-bond acceptors (Lipinski definition) is 6. The highest BCUT2D eigenvalue weighted by atomic mass is 35.5. The molecule has 18 heavy (non-hydrogen) atoms. The summed E-state index contributed by atoms with van der Waals surface area (Å²) in [5.41, 5.74) is -0.808. The van der Waals surface area contributed by atoms with Gasteiger partial charge in [-0.05, 0) is 6.42 Å². The lowest BCUT2D eigenvalue weighted by molar-refractivity contribution is -0.243. The molecule has 6 nitrogen and oxygen atoms in total. The van der Waals surface area contributed by atoms with E-state index in [2.05, 4.69) is 0 Å². The summed E-state index contributed by atoms with van der Waals surface area (Å²) in [4.78, 5) is -1.09. The first-order valence-corrected chi connectivity index (χ1v) is 6.53. The lowest BCUT2D eigenvalue weighted by Gasteiger charge is -2.38. The van der Waals surface area contributed by atoms with Crippen molar-refractivity contribution in [3.63, 3.8) is 0 Å². The lowest BCUT2D eigenvalue weighted by Crippen LogP contribution is -2.50. The predicted molar refractivity (Wildman–Crippen MR) is 62.0 cm³/mol. The standard InChI is InChI=1S/C10H16Cl2O6/c11-8(12)9(16)18-5-2-10(5)4(14)1-7(15)17-6(10)3-13/h4-9,13-16H,1-3H2/t4-,5?,6?,7-,9?,10?/m1/s1. The molecule has 0 radical (unpaired) electrons. The Morgan fingerprint density at radius 1 is 1.39 bits per heavy atom. The van der Waals surface area contributed by atoms with Crippen molar-refractivity contribution in [2.24, 2.45) is 5.41 Å². The minimum absolute atomic E-state index is 0.0393. The molecule has 0 aromatic rings. The fraction of sp³-hybridized carbons (Fsp3) is 1.00. The first-order chi connectivity index (χ1) is 8.41. The van der Waals surface area contributed by atoms with Crippen LogP contribution in [0.1, 0.15) is 12.8 Å². The Morgan fingerprint density at radius 2 is 2.06 bits per heavy atom. The van der Waals surface area contributed by atoms with E-state index in [1.165, 1.54) is 0 Å². The van der Waals surface area contributed by atoms with E-state index in [0.29, 0.717) is 6.42 Å². The molecule has 0 aromatic heterocycles. The second-order valence-electron chi connectivity index (χ2n) is 4.68. The van der Waals surface area contributed by atoms with Crippen LogP contribution >= 0.6 is 23.2 Å². The van der Waals surface area contributed by atoms with Crippen LogP contribution in [0.5, 0.6) is 0 Å². The molecule has 1 saturated carbocycles. The third-order valence-electron chi connectivity index (χ3n) is 3.63. The third-order valence-corrected chi connectivity index (χ3v) is 4.06. The predicted octanol–water partition coefficient (Wildman–Crippen LogP) is -0.656. The lowest BCUT2D eigenvalue weighted by atomic mass is 9.87. The number of rotatable bonds is 4. The van der Waals surface area contributed by atoms with Crippen molar-refractivity contribution in [2.75, 3.05) is 6.61 Å². The van der Waals surface area contributed by atoms with Gasteiger partial charge in [-0.25, -0.2) is 0 Å². The van der Waals surface area contributed by atoms with E-state index in [4.69, 9.17) is 32.7 Å². The van der Waals surface area contributed by atoms with Crippen LogP contribution in [0.25, 0.3) is 0 Å². The molecule has 1 spiro atoms. The van der Waals surface area contributed by atoms with Gasteiger partial charge in [-0.2, -0.15) is 0 Å². The largest absolute Gasteiger partial charge is 0.394 e. The summed E-state index contributed by atoms with van der Waals surface area (Å²) in [6, 6.07) is 0. The third kappa shape index (κ3) is 2.48. The average Bonchev–Trinajstić information content (AvgIpc) is 2.99. The minimum atomic E-state index is -1.36. The van der Waals surface area contributed by atoms with E-state index >= 15 is 0 Å². The van der Waals surface area contributed by atoms with Gasteiger partial charge in [-0.15, -0.1) is 0 Å². The fourth-order valence-electron chi connectivity index (χ4n) is 2.56. The summed E-state index contributed by atoms with van der Waals surface area (Å²) in [6.45, 7) is -0.352. The highest BCUT2D eigenvalue weighted by Gasteiger charge is 2.67. The van der Waals surface area contributed by atoms with Gasteiger partial charge in [0, 0.05) is 6.42 Å². The number of hydrogen-bond donors (Lipinski definition) is 4. The molecule has 1 saturated heterocycles. The van der Waals surface area contributed by atoms with Crippen LogP contribution in [0.15, 0.2) is 0 Å². The maximum atomic E-state index is 10.0. The molecule has 4 unspecified atom stereocenters. The second-order valence-corrected chi connectivity index (χ2v) is 5.84. The first kappa shape index (κ1) is 14.7. The summed E-state index contributed by atoms with van der Waals surface area (Å²) in [5.74, 6) is 0. The molecule has 8 heteroatoms. The van der Waals surface area contributed by atoms with E-state index in [1.807, 2.05) is 0 Å². The molecular formula is C10H16Cl2O6. The molecule has 2 fully saturated rings. The quantitative estimate of drug-likeness (QED) is 0.407. The maximum absolute atomic E-state index is 10.0. The van der Waals surface area contributed by atoms with E-state index < -0.39 is 41.1 Å². The summed E-state index contributed by atoms with van der Waals surface area (Å²) in [6.07, 6.45) is -4.15. The zero-order valence-corrected chi connectivity index (χ0v) is 11.0. The van der Waals surface area contributed by atoms with Gasteiger partial charge in [-0.3, -0.25) is 0 Å². The van der Waals surface area contributed by atoms with Crippen molar-refractivity contribution in [1.82, 2.24) is 0 Å². The maximum Gasteiger partial charge on any atom is 0.185 e. The van der Waals surface area contributed by atoms with E-state index in [9.17, 15) is 20.4 Å². The van der Waals surface area contributed by atoms with Crippen molar-refractivity contribution < 1.29 is 29.9 Å². The SMILES string of the molecule is OCC1O[C@@H](O)C[C@@H](O)C12CC2OC(O)C(Cl)Cl. The zero-order valence-electron chi connectivity index (χ0n) is 9.45. The molecule has 0 amide bonds. The normalized spacial score (nSPS) is 45.5. The Hall–Kier alpha value is 0.340. The molecule has 4 N–H and O–H groups in total. The molecule has 2 aliphatic rings. The van der Waals surface area contributed by atoms with Crippen LogP contribution < -0.4 is 0 Å². The number of ether oxygens (including phenoxy) is 2. The molecule has 0 aromatic carbocycles. The van der Waals surface area contributed by atoms with E-state index in [1.54, 1.807) is 0 Å². The molecule has 2 rings (SSSR count). The first-order valence-electron chi connectivity index (χ1n) is 5.66. The van der Waals surface area contributed by atoms with Gasteiger partial charge >= 0.3 is 0 Å². The van der Waals surface area contributed by atoms with Gasteiger partial charge in [-0.1, -0.05) is 23.2 Å². The van der Waals surface area contributed by atoms with Crippen molar-refractivity contribution in [2.45, 2.75) is 48.6 Å². The van der Waals surface area contributed by atoms with Gasteiger partial charge in [0.2, 0.25) is 0 Å². The molecule has 0 bridgehead atoms. The van der Waals surface area contributed by atoms with Gasteiger partial charge < -0.3 is 29.9 Å². The highest BCUT2D eigenvalue weighted by Crippen LogP contribution is 2.58.